The molecule has 5 nitrogen and oxygen atoms in total. The van der Waals surface area contributed by atoms with Crippen LogP contribution in [0.1, 0.15) is 12.5 Å². The summed E-state index contributed by atoms with van der Waals surface area (Å²) in [4.78, 5) is 25.2. The van der Waals surface area contributed by atoms with Crippen LogP contribution in [0.15, 0.2) is 36.4 Å². The van der Waals surface area contributed by atoms with Crippen molar-refractivity contribution < 1.29 is 14.0 Å². The number of urea groups is 1. The van der Waals surface area contributed by atoms with Gasteiger partial charge in [-0.15, -0.1) is 0 Å². The second-order valence-corrected chi connectivity index (χ2v) is 5.89. The number of benzene rings is 2. The SMILES string of the molecule is CC(=O)Nc1ccc(Cl)c(NC(=O)N2CCc3cc(F)ccc32)c1. The number of amides is 3. The number of fused-ring (bicyclic) bond motifs is 1. The van der Waals surface area contributed by atoms with E-state index in [0.717, 1.165) is 5.56 Å². The van der Waals surface area contributed by atoms with E-state index in [4.69, 9.17) is 11.6 Å². The van der Waals surface area contributed by atoms with Crippen molar-refractivity contribution in [3.63, 3.8) is 0 Å². The van der Waals surface area contributed by atoms with Crippen molar-refractivity contribution >= 4 is 40.6 Å². The summed E-state index contributed by atoms with van der Waals surface area (Å²) in [6, 6.07) is 8.82. The van der Waals surface area contributed by atoms with Crippen molar-refractivity contribution in [2.45, 2.75) is 13.3 Å². The molecule has 124 valence electrons. The van der Waals surface area contributed by atoms with E-state index in [-0.39, 0.29) is 17.8 Å². The number of hydrogen-bond donors (Lipinski definition) is 2. The quantitative estimate of drug-likeness (QED) is 0.861. The van der Waals surface area contributed by atoms with E-state index in [0.29, 0.717) is 35.1 Å². The second kappa shape index (κ2) is 6.49. The lowest BCUT2D eigenvalue weighted by atomic mass is 10.2. The van der Waals surface area contributed by atoms with E-state index in [9.17, 15) is 14.0 Å². The summed E-state index contributed by atoms with van der Waals surface area (Å²) in [5.41, 5.74) is 2.40. The first kappa shape index (κ1) is 16.3. The van der Waals surface area contributed by atoms with Gasteiger partial charge in [-0.1, -0.05) is 11.6 Å². The number of anilines is 3. The fourth-order valence-corrected chi connectivity index (χ4v) is 2.83. The van der Waals surface area contributed by atoms with E-state index in [1.54, 1.807) is 24.3 Å². The Bertz CT molecular complexity index is 825. The third-order valence-electron chi connectivity index (χ3n) is 3.71. The Balaban J connectivity index is 1.80. The van der Waals surface area contributed by atoms with Crippen LogP contribution in [0.4, 0.5) is 26.2 Å². The first-order valence-corrected chi connectivity index (χ1v) is 7.76. The van der Waals surface area contributed by atoms with Crippen molar-refractivity contribution in [1.82, 2.24) is 0 Å². The molecule has 1 aliphatic rings. The van der Waals surface area contributed by atoms with Crippen LogP contribution in [0.25, 0.3) is 0 Å². The molecule has 2 aromatic rings. The molecule has 7 heteroatoms. The zero-order chi connectivity index (χ0) is 17.3. The minimum Gasteiger partial charge on any atom is -0.326 e. The predicted molar refractivity (Wildman–Crippen MR) is 92.2 cm³/mol. The highest BCUT2D eigenvalue weighted by Crippen LogP contribution is 2.31. The zero-order valence-corrected chi connectivity index (χ0v) is 13.7. The van der Waals surface area contributed by atoms with E-state index < -0.39 is 0 Å². The van der Waals surface area contributed by atoms with Crippen LogP contribution in [-0.2, 0) is 11.2 Å². The Morgan fingerprint density at radius 1 is 1.17 bits per heavy atom. The van der Waals surface area contributed by atoms with Crippen molar-refractivity contribution in [3.8, 4) is 0 Å². The molecule has 0 unspecified atom stereocenters. The predicted octanol–water partition coefficient (Wildman–Crippen LogP) is 4.03. The largest absolute Gasteiger partial charge is 0.326 e. The maximum atomic E-state index is 13.3. The lowest BCUT2D eigenvalue weighted by Crippen LogP contribution is -2.33. The fraction of sp³-hybridized carbons (Fsp3) is 0.176. The molecule has 0 bridgehead atoms. The maximum absolute atomic E-state index is 13.3. The first-order valence-electron chi connectivity index (χ1n) is 7.38. The molecule has 2 N–H and O–H groups in total. The van der Waals surface area contributed by atoms with Crippen LogP contribution in [0.2, 0.25) is 5.02 Å². The number of nitrogens with one attached hydrogen (secondary N) is 2. The Hall–Kier alpha value is -2.60. The molecule has 0 spiro atoms. The van der Waals surface area contributed by atoms with Crippen LogP contribution in [0.3, 0.4) is 0 Å². The van der Waals surface area contributed by atoms with Gasteiger partial charge >= 0.3 is 6.03 Å². The molecule has 3 amide bonds. The first-order chi connectivity index (χ1) is 11.4. The van der Waals surface area contributed by atoms with Gasteiger partial charge in [-0.2, -0.15) is 0 Å². The molecular formula is C17H15ClFN3O2. The third kappa shape index (κ3) is 3.33. The molecule has 2 aromatic carbocycles. The van der Waals surface area contributed by atoms with E-state index >= 15 is 0 Å². The lowest BCUT2D eigenvalue weighted by molar-refractivity contribution is -0.114. The summed E-state index contributed by atoms with van der Waals surface area (Å²) in [7, 11) is 0. The normalized spacial score (nSPS) is 12.7. The van der Waals surface area contributed by atoms with Gasteiger partial charge in [0.15, 0.2) is 0 Å². The highest BCUT2D eigenvalue weighted by atomic mass is 35.5. The summed E-state index contributed by atoms with van der Waals surface area (Å²) in [5, 5.41) is 5.72. The van der Waals surface area contributed by atoms with E-state index in [1.165, 1.54) is 24.0 Å². The van der Waals surface area contributed by atoms with Crippen LogP contribution in [0.5, 0.6) is 0 Å². The average Bonchev–Trinajstić information content (AvgIpc) is 2.93. The number of hydrogen-bond acceptors (Lipinski definition) is 2. The lowest BCUT2D eigenvalue weighted by Gasteiger charge is -2.19. The van der Waals surface area contributed by atoms with Crippen molar-refractivity contribution in [3.05, 3.63) is 52.8 Å². The number of halogens is 2. The second-order valence-electron chi connectivity index (χ2n) is 5.48. The molecule has 0 fully saturated rings. The van der Waals surface area contributed by atoms with Gasteiger partial charge in [0.1, 0.15) is 5.82 Å². The maximum Gasteiger partial charge on any atom is 0.326 e. The van der Waals surface area contributed by atoms with Gasteiger partial charge in [-0.25, -0.2) is 9.18 Å². The Morgan fingerprint density at radius 2 is 1.96 bits per heavy atom. The smallest absolute Gasteiger partial charge is 0.326 e. The summed E-state index contributed by atoms with van der Waals surface area (Å²) < 4.78 is 13.3. The fourth-order valence-electron chi connectivity index (χ4n) is 2.67. The summed E-state index contributed by atoms with van der Waals surface area (Å²) in [5.74, 6) is -0.535. The van der Waals surface area contributed by atoms with Gasteiger partial charge in [0, 0.05) is 24.8 Å². The zero-order valence-electron chi connectivity index (χ0n) is 12.9. The van der Waals surface area contributed by atoms with Crippen LogP contribution in [-0.4, -0.2) is 18.5 Å². The van der Waals surface area contributed by atoms with Crippen LogP contribution < -0.4 is 15.5 Å². The molecule has 24 heavy (non-hydrogen) atoms. The van der Waals surface area contributed by atoms with E-state index in [2.05, 4.69) is 10.6 Å². The molecule has 0 atom stereocenters. The monoisotopic (exact) mass is 347 g/mol. The minimum absolute atomic E-state index is 0.218. The van der Waals surface area contributed by atoms with E-state index in [1.807, 2.05) is 0 Å². The van der Waals surface area contributed by atoms with Gasteiger partial charge in [0.05, 0.1) is 10.7 Å². The molecule has 1 aliphatic heterocycles. The summed E-state index contributed by atoms with van der Waals surface area (Å²) in [6.07, 6.45) is 0.597. The van der Waals surface area contributed by atoms with Crippen molar-refractivity contribution in [2.24, 2.45) is 0 Å². The molecular weight excluding hydrogens is 333 g/mol. The molecule has 0 saturated heterocycles. The summed E-state index contributed by atoms with van der Waals surface area (Å²) in [6.45, 7) is 1.86. The minimum atomic E-state index is -0.359. The van der Waals surface area contributed by atoms with Crippen LogP contribution >= 0.6 is 11.6 Å². The van der Waals surface area contributed by atoms with Gasteiger partial charge in [-0.3, -0.25) is 9.69 Å². The van der Waals surface area contributed by atoms with Gasteiger partial charge in [0.25, 0.3) is 0 Å². The van der Waals surface area contributed by atoms with Gasteiger partial charge in [-0.05, 0) is 48.4 Å². The Labute approximate surface area is 143 Å². The molecule has 3 rings (SSSR count). The topological polar surface area (TPSA) is 61.4 Å². The molecule has 0 radical (unpaired) electrons. The average molecular weight is 348 g/mol. The van der Waals surface area contributed by atoms with Gasteiger partial charge in [0.2, 0.25) is 5.91 Å². The molecule has 0 saturated carbocycles. The highest BCUT2D eigenvalue weighted by molar-refractivity contribution is 6.34. The number of nitrogens with zero attached hydrogens (tertiary/aromatic N) is 1. The number of rotatable bonds is 2. The highest BCUT2D eigenvalue weighted by Gasteiger charge is 2.25. The summed E-state index contributed by atoms with van der Waals surface area (Å²) >= 11 is 6.11. The molecule has 0 aromatic heterocycles. The Kier molecular flexibility index (Phi) is 4.40. The van der Waals surface area contributed by atoms with Crippen molar-refractivity contribution in [1.29, 1.82) is 0 Å². The van der Waals surface area contributed by atoms with Crippen LogP contribution in [0, 0.1) is 5.82 Å². The van der Waals surface area contributed by atoms with Crippen molar-refractivity contribution in [2.75, 3.05) is 22.1 Å². The number of carbonyl (C=O) groups excluding carboxylic acids is 2. The molecule has 1 heterocycles. The number of carbonyl (C=O) groups is 2. The molecule has 0 aliphatic carbocycles. The third-order valence-corrected chi connectivity index (χ3v) is 4.04. The Morgan fingerprint density at radius 3 is 2.71 bits per heavy atom. The standard InChI is InChI=1S/C17H15ClFN3O2/c1-10(23)20-13-3-4-14(18)15(9-13)21-17(24)22-7-6-11-8-12(19)2-5-16(11)22/h2-5,8-9H,6-7H2,1H3,(H,20,23)(H,21,24). The van der Waals surface area contributed by atoms with Gasteiger partial charge < -0.3 is 10.6 Å².